The van der Waals surface area contributed by atoms with Crippen molar-refractivity contribution >= 4 is 6.03 Å². The normalized spacial score (nSPS) is 15.5. The summed E-state index contributed by atoms with van der Waals surface area (Å²) in [4.78, 5) is 14.7. The number of amides is 2. The molecule has 2 N–H and O–H groups in total. The Morgan fingerprint density at radius 3 is 2.56 bits per heavy atom. The largest absolute Gasteiger partial charge is 0.336 e. The quantitative estimate of drug-likeness (QED) is 0.789. The van der Waals surface area contributed by atoms with E-state index in [2.05, 4.69) is 46.6 Å². The Kier molecular flexibility index (Phi) is 6.50. The predicted octanol–water partition coefficient (Wildman–Crippen LogP) is 3.00. The van der Waals surface area contributed by atoms with Crippen LogP contribution in [0.5, 0.6) is 0 Å². The maximum absolute atomic E-state index is 12.2. The highest BCUT2D eigenvalue weighted by Crippen LogP contribution is 2.19. The van der Waals surface area contributed by atoms with Gasteiger partial charge in [0.05, 0.1) is 12.7 Å². The van der Waals surface area contributed by atoms with Crippen LogP contribution >= 0.6 is 0 Å². The van der Waals surface area contributed by atoms with Gasteiger partial charge in [-0.25, -0.2) is 4.79 Å². The molecule has 0 atom stereocenters. The van der Waals surface area contributed by atoms with Crippen molar-refractivity contribution in [3.8, 4) is 0 Å². The zero-order valence-electron chi connectivity index (χ0n) is 16.4. The average molecular weight is 370 g/mol. The molecule has 2 amide bonds. The fourth-order valence-electron chi connectivity index (χ4n) is 3.51. The summed E-state index contributed by atoms with van der Waals surface area (Å²) in [6.45, 7) is 8.50. The SMILES string of the molecule is CC(C)(CNC(=O)NCc1cnn(Cc2ccccc2)c1)N1CCCCC1. The van der Waals surface area contributed by atoms with Gasteiger partial charge in [0, 0.05) is 30.4 Å². The molecule has 1 aromatic heterocycles. The van der Waals surface area contributed by atoms with E-state index in [1.165, 1.54) is 24.8 Å². The van der Waals surface area contributed by atoms with Crippen LogP contribution in [0, 0.1) is 0 Å². The van der Waals surface area contributed by atoms with Crippen molar-refractivity contribution in [2.45, 2.75) is 51.7 Å². The highest BCUT2D eigenvalue weighted by Gasteiger charge is 2.28. The standard InChI is InChI=1S/C21H31N5O/c1-21(2,25-11-7-4-8-12-25)17-23-20(27)22-13-19-14-24-26(16-19)15-18-9-5-3-6-10-18/h3,5-6,9-10,14,16H,4,7-8,11-13,15,17H2,1-2H3,(H2,22,23,27). The summed E-state index contributed by atoms with van der Waals surface area (Å²) in [6.07, 6.45) is 7.61. The van der Waals surface area contributed by atoms with Crippen molar-refractivity contribution in [2.24, 2.45) is 0 Å². The number of rotatable bonds is 7. The molecule has 0 saturated carbocycles. The van der Waals surface area contributed by atoms with Crippen LogP contribution in [0.15, 0.2) is 42.7 Å². The van der Waals surface area contributed by atoms with Crippen LogP contribution in [-0.4, -0.2) is 45.9 Å². The number of likely N-dealkylation sites (tertiary alicyclic amines) is 1. The molecule has 6 heteroatoms. The molecule has 27 heavy (non-hydrogen) atoms. The number of aromatic nitrogens is 2. The number of nitrogens with zero attached hydrogens (tertiary/aromatic N) is 3. The minimum Gasteiger partial charge on any atom is -0.336 e. The Hall–Kier alpha value is -2.34. The van der Waals surface area contributed by atoms with E-state index in [4.69, 9.17) is 0 Å². The second-order valence-corrected chi connectivity index (χ2v) is 7.93. The van der Waals surface area contributed by atoms with Crippen molar-refractivity contribution in [3.05, 3.63) is 53.9 Å². The van der Waals surface area contributed by atoms with E-state index in [0.29, 0.717) is 13.1 Å². The van der Waals surface area contributed by atoms with Crippen LogP contribution in [0.4, 0.5) is 4.79 Å². The van der Waals surface area contributed by atoms with E-state index in [1.807, 2.05) is 29.1 Å². The molecule has 1 aliphatic rings. The molecular formula is C21H31N5O. The molecule has 6 nitrogen and oxygen atoms in total. The van der Waals surface area contributed by atoms with Gasteiger partial charge >= 0.3 is 6.03 Å². The Balaban J connectivity index is 1.41. The van der Waals surface area contributed by atoms with Gasteiger partial charge < -0.3 is 10.6 Å². The van der Waals surface area contributed by atoms with Crippen LogP contribution in [0.3, 0.4) is 0 Å². The third kappa shape index (κ3) is 5.82. The molecule has 0 bridgehead atoms. The zero-order chi connectivity index (χ0) is 19.1. The molecule has 1 fully saturated rings. The van der Waals surface area contributed by atoms with Crippen LogP contribution in [0.25, 0.3) is 0 Å². The van der Waals surface area contributed by atoms with Gasteiger partial charge in [0.1, 0.15) is 0 Å². The van der Waals surface area contributed by atoms with Gasteiger partial charge in [-0.3, -0.25) is 9.58 Å². The number of hydrogen-bond acceptors (Lipinski definition) is 3. The number of nitrogens with one attached hydrogen (secondary N) is 2. The number of urea groups is 1. The molecule has 0 spiro atoms. The maximum atomic E-state index is 12.2. The summed E-state index contributed by atoms with van der Waals surface area (Å²) in [7, 11) is 0. The minimum absolute atomic E-state index is 0.0155. The molecule has 1 saturated heterocycles. The van der Waals surface area contributed by atoms with E-state index >= 15 is 0 Å². The monoisotopic (exact) mass is 369 g/mol. The second kappa shape index (κ2) is 9.04. The molecule has 3 rings (SSSR count). The van der Waals surface area contributed by atoms with Gasteiger partial charge in [0.2, 0.25) is 0 Å². The van der Waals surface area contributed by atoms with Gasteiger partial charge in [0.25, 0.3) is 0 Å². The third-order valence-electron chi connectivity index (χ3n) is 5.22. The van der Waals surface area contributed by atoms with Gasteiger partial charge in [-0.1, -0.05) is 36.8 Å². The number of carbonyl (C=O) groups is 1. The smallest absolute Gasteiger partial charge is 0.315 e. The summed E-state index contributed by atoms with van der Waals surface area (Å²) in [5.41, 5.74) is 2.19. The number of hydrogen-bond donors (Lipinski definition) is 2. The van der Waals surface area contributed by atoms with E-state index < -0.39 is 0 Å². The Morgan fingerprint density at radius 2 is 1.81 bits per heavy atom. The van der Waals surface area contributed by atoms with Gasteiger partial charge in [-0.15, -0.1) is 0 Å². The molecule has 0 unspecified atom stereocenters. The van der Waals surface area contributed by atoms with Crippen molar-refractivity contribution < 1.29 is 4.79 Å². The molecule has 0 radical (unpaired) electrons. The minimum atomic E-state index is -0.129. The molecular weight excluding hydrogens is 338 g/mol. The summed E-state index contributed by atoms with van der Waals surface area (Å²) >= 11 is 0. The van der Waals surface area contributed by atoms with Crippen LogP contribution < -0.4 is 10.6 Å². The first-order chi connectivity index (χ1) is 13.0. The van der Waals surface area contributed by atoms with Crippen molar-refractivity contribution in [1.82, 2.24) is 25.3 Å². The molecule has 146 valence electrons. The molecule has 0 aliphatic carbocycles. The summed E-state index contributed by atoms with van der Waals surface area (Å²) < 4.78 is 1.89. The summed E-state index contributed by atoms with van der Waals surface area (Å²) in [5.74, 6) is 0. The Labute approximate surface area is 161 Å². The second-order valence-electron chi connectivity index (χ2n) is 7.93. The van der Waals surface area contributed by atoms with Crippen LogP contribution in [0.1, 0.15) is 44.2 Å². The van der Waals surface area contributed by atoms with Crippen molar-refractivity contribution in [3.63, 3.8) is 0 Å². The van der Waals surface area contributed by atoms with Crippen LogP contribution in [-0.2, 0) is 13.1 Å². The number of carbonyl (C=O) groups excluding carboxylic acids is 1. The summed E-state index contributed by atoms with van der Waals surface area (Å²) in [6, 6.07) is 10.1. The van der Waals surface area contributed by atoms with Gasteiger partial charge in [-0.05, 0) is 45.3 Å². The van der Waals surface area contributed by atoms with E-state index in [0.717, 1.165) is 25.2 Å². The summed E-state index contributed by atoms with van der Waals surface area (Å²) in [5, 5.41) is 10.3. The first kappa shape index (κ1) is 19.4. The molecule has 1 aliphatic heterocycles. The lowest BCUT2D eigenvalue weighted by Crippen LogP contribution is -2.54. The fraction of sp³-hybridized carbons (Fsp3) is 0.524. The molecule has 2 aromatic rings. The first-order valence-corrected chi connectivity index (χ1v) is 9.85. The fourth-order valence-corrected chi connectivity index (χ4v) is 3.51. The highest BCUT2D eigenvalue weighted by atomic mass is 16.2. The van der Waals surface area contributed by atoms with Crippen molar-refractivity contribution in [2.75, 3.05) is 19.6 Å². The first-order valence-electron chi connectivity index (χ1n) is 9.85. The Morgan fingerprint density at radius 1 is 1.07 bits per heavy atom. The average Bonchev–Trinajstić information content (AvgIpc) is 3.14. The predicted molar refractivity (Wildman–Crippen MR) is 108 cm³/mol. The van der Waals surface area contributed by atoms with Gasteiger partial charge in [0.15, 0.2) is 0 Å². The van der Waals surface area contributed by atoms with Crippen LogP contribution in [0.2, 0.25) is 0 Å². The maximum Gasteiger partial charge on any atom is 0.315 e. The van der Waals surface area contributed by atoms with E-state index in [1.54, 1.807) is 6.20 Å². The lowest BCUT2D eigenvalue weighted by Gasteiger charge is -2.41. The van der Waals surface area contributed by atoms with Crippen molar-refractivity contribution in [1.29, 1.82) is 0 Å². The van der Waals surface area contributed by atoms with E-state index in [-0.39, 0.29) is 11.6 Å². The molecule has 2 heterocycles. The Bertz CT molecular complexity index is 719. The lowest BCUT2D eigenvalue weighted by molar-refractivity contribution is 0.0960. The zero-order valence-corrected chi connectivity index (χ0v) is 16.4. The van der Waals surface area contributed by atoms with E-state index in [9.17, 15) is 4.79 Å². The highest BCUT2D eigenvalue weighted by molar-refractivity contribution is 5.73. The third-order valence-corrected chi connectivity index (χ3v) is 5.22. The number of piperidine rings is 1. The topological polar surface area (TPSA) is 62.2 Å². The molecule has 1 aromatic carbocycles. The van der Waals surface area contributed by atoms with Gasteiger partial charge in [-0.2, -0.15) is 5.10 Å². The lowest BCUT2D eigenvalue weighted by atomic mass is 9.98. The number of benzene rings is 1.